The van der Waals surface area contributed by atoms with E-state index in [1.54, 1.807) is 37.3 Å². The molecule has 0 bridgehead atoms. The average molecular weight is 331 g/mol. The van der Waals surface area contributed by atoms with Gasteiger partial charge in [0.1, 0.15) is 11.6 Å². The Morgan fingerprint density at radius 1 is 1.26 bits per heavy atom. The Morgan fingerprint density at radius 2 is 2.00 bits per heavy atom. The van der Waals surface area contributed by atoms with Gasteiger partial charge in [0.25, 0.3) is 5.91 Å². The van der Waals surface area contributed by atoms with E-state index in [9.17, 15) is 14.0 Å². The predicted octanol–water partition coefficient (Wildman–Crippen LogP) is 3.52. The van der Waals surface area contributed by atoms with E-state index in [4.69, 9.17) is 4.74 Å². The van der Waals surface area contributed by atoms with Gasteiger partial charge in [-0.3, -0.25) is 9.59 Å². The van der Waals surface area contributed by atoms with E-state index >= 15 is 0 Å². The molecule has 1 aliphatic heterocycles. The minimum atomic E-state index is -0.335. The molecule has 0 spiro atoms. The zero-order valence-electron chi connectivity index (χ0n) is 12.3. The Hall–Kier alpha value is -2.34. The molecular formula is C17H14FNO3S. The smallest absolute Gasteiger partial charge is 0.262 e. The molecule has 2 aromatic carbocycles. The first-order chi connectivity index (χ1) is 11.0. The quantitative estimate of drug-likeness (QED) is 0.688. The van der Waals surface area contributed by atoms with Crippen LogP contribution in [0.4, 0.5) is 10.1 Å². The van der Waals surface area contributed by atoms with Crippen LogP contribution in [0.2, 0.25) is 0 Å². The summed E-state index contributed by atoms with van der Waals surface area (Å²) in [4.78, 5) is 24.7. The van der Waals surface area contributed by atoms with Gasteiger partial charge in [0.15, 0.2) is 12.4 Å². The molecule has 0 radical (unpaired) electrons. The maximum absolute atomic E-state index is 12.9. The summed E-state index contributed by atoms with van der Waals surface area (Å²) < 4.78 is 18.2. The average Bonchev–Trinajstić information content (AvgIpc) is 2.55. The summed E-state index contributed by atoms with van der Waals surface area (Å²) in [5, 5.41) is 2.35. The van der Waals surface area contributed by atoms with E-state index in [0.717, 1.165) is 4.90 Å². The standard InChI is InChI=1S/C17H14FNO3S/c1-10(23-13-5-3-12(18)4-6-13)17(21)11-2-7-15-14(8-11)19-16(20)9-22-15/h2-8,10H,9H2,1H3,(H,19,20). The number of amides is 1. The molecule has 0 aliphatic carbocycles. The van der Waals surface area contributed by atoms with Gasteiger partial charge in [-0.2, -0.15) is 0 Å². The first kappa shape index (κ1) is 15.6. The van der Waals surface area contributed by atoms with Crippen molar-refractivity contribution in [2.24, 2.45) is 0 Å². The van der Waals surface area contributed by atoms with Crippen molar-refractivity contribution in [3.05, 3.63) is 53.8 Å². The summed E-state index contributed by atoms with van der Waals surface area (Å²) in [5.41, 5.74) is 1.00. The van der Waals surface area contributed by atoms with E-state index in [0.29, 0.717) is 17.0 Å². The van der Waals surface area contributed by atoms with E-state index in [-0.39, 0.29) is 29.4 Å². The summed E-state index contributed by atoms with van der Waals surface area (Å²) >= 11 is 1.36. The predicted molar refractivity (Wildman–Crippen MR) is 86.6 cm³/mol. The van der Waals surface area contributed by atoms with Crippen LogP contribution in [0.1, 0.15) is 17.3 Å². The molecule has 1 atom stereocenters. The highest BCUT2D eigenvalue weighted by molar-refractivity contribution is 8.00. The SMILES string of the molecule is CC(Sc1ccc(F)cc1)C(=O)c1ccc2c(c1)NC(=O)CO2. The molecule has 1 unspecified atom stereocenters. The largest absolute Gasteiger partial charge is 0.482 e. The van der Waals surface area contributed by atoms with Gasteiger partial charge in [-0.1, -0.05) is 0 Å². The molecule has 0 saturated carbocycles. The van der Waals surface area contributed by atoms with Crippen LogP contribution in [0, 0.1) is 5.82 Å². The van der Waals surface area contributed by atoms with Gasteiger partial charge >= 0.3 is 0 Å². The normalized spacial score (nSPS) is 14.4. The number of benzene rings is 2. The summed E-state index contributed by atoms with van der Waals surface area (Å²) in [6.45, 7) is 1.78. The Labute approximate surface area is 137 Å². The van der Waals surface area contributed by atoms with Crippen LogP contribution in [0.5, 0.6) is 5.75 Å². The highest BCUT2D eigenvalue weighted by Gasteiger charge is 2.21. The van der Waals surface area contributed by atoms with Crippen LogP contribution < -0.4 is 10.1 Å². The Morgan fingerprint density at radius 3 is 2.74 bits per heavy atom. The second-order valence-corrected chi connectivity index (χ2v) is 6.54. The Balaban J connectivity index is 1.75. The fourth-order valence-electron chi connectivity index (χ4n) is 2.24. The van der Waals surface area contributed by atoms with Crippen LogP contribution in [-0.2, 0) is 4.79 Å². The van der Waals surface area contributed by atoms with Gasteiger partial charge in [-0.15, -0.1) is 11.8 Å². The highest BCUT2D eigenvalue weighted by Crippen LogP contribution is 2.31. The lowest BCUT2D eigenvalue weighted by atomic mass is 10.1. The van der Waals surface area contributed by atoms with Crippen molar-refractivity contribution < 1.29 is 18.7 Å². The number of anilines is 1. The molecule has 1 heterocycles. The van der Waals surface area contributed by atoms with Crippen LogP contribution in [0.15, 0.2) is 47.4 Å². The van der Waals surface area contributed by atoms with Gasteiger partial charge in [-0.05, 0) is 49.4 Å². The van der Waals surface area contributed by atoms with Gasteiger partial charge in [0, 0.05) is 10.5 Å². The van der Waals surface area contributed by atoms with Gasteiger partial charge in [0.05, 0.1) is 10.9 Å². The van der Waals surface area contributed by atoms with Gasteiger partial charge < -0.3 is 10.1 Å². The minimum absolute atomic E-state index is 0.0168. The number of thioether (sulfide) groups is 1. The third-order valence-electron chi connectivity index (χ3n) is 3.39. The molecule has 4 nitrogen and oxygen atoms in total. The number of nitrogens with one attached hydrogen (secondary N) is 1. The summed E-state index contributed by atoms with van der Waals surface area (Å²) in [7, 11) is 0. The lowest BCUT2D eigenvalue weighted by Crippen LogP contribution is -2.25. The maximum atomic E-state index is 12.9. The van der Waals surface area contributed by atoms with Crippen molar-refractivity contribution >= 4 is 29.1 Å². The number of hydrogen-bond acceptors (Lipinski definition) is 4. The van der Waals surface area contributed by atoms with Gasteiger partial charge in [-0.25, -0.2) is 4.39 Å². The molecule has 1 amide bonds. The molecular weight excluding hydrogens is 317 g/mol. The van der Waals surface area contributed by atoms with Crippen LogP contribution in [0.25, 0.3) is 0 Å². The van der Waals surface area contributed by atoms with E-state index in [1.165, 1.54) is 23.9 Å². The molecule has 118 valence electrons. The molecule has 6 heteroatoms. The van der Waals surface area contributed by atoms with Crippen LogP contribution in [-0.4, -0.2) is 23.5 Å². The molecule has 3 rings (SSSR count). The zero-order chi connectivity index (χ0) is 16.4. The Kier molecular flexibility index (Phi) is 4.34. The maximum Gasteiger partial charge on any atom is 0.262 e. The first-order valence-electron chi connectivity index (χ1n) is 7.06. The number of hydrogen-bond donors (Lipinski definition) is 1. The topological polar surface area (TPSA) is 55.4 Å². The lowest BCUT2D eigenvalue weighted by Gasteiger charge is -2.19. The summed E-state index contributed by atoms with van der Waals surface area (Å²) in [6, 6.07) is 11.0. The molecule has 1 N–H and O–H groups in total. The second-order valence-electron chi connectivity index (χ2n) is 5.13. The summed E-state index contributed by atoms with van der Waals surface area (Å²) in [6.07, 6.45) is 0. The number of fused-ring (bicyclic) bond motifs is 1. The number of rotatable bonds is 4. The van der Waals surface area contributed by atoms with Crippen molar-refractivity contribution in [1.82, 2.24) is 0 Å². The van der Waals surface area contributed by atoms with Crippen molar-refractivity contribution in [2.45, 2.75) is 17.1 Å². The lowest BCUT2D eigenvalue weighted by molar-refractivity contribution is -0.118. The van der Waals surface area contributed by atoms with Crippen molar-refractivity contribution in [1.29, 1.82) is 0 Å². The van der Waals surface area contributed by atoms with Gasteiger partial charge in [0.2, 0.25) is 0 Å². The molecule has 2 aromatic rings. The molecule has 0 saturated heterocycles. The molecule has 0 fully saturated rings. The third kappa shape index (κ3) is 3.53. The zero-order valence-corrected chi connectivity index (χ0v) is 13.2. The van der Waals surface area contributed by atoms with Crippen LogP contribution >= 0.6 is 11.8 Å². The number of ketones is 1. The monoisotopic (exact) mass is 331 g/mol. The van der Waals surface area contributed by atoms with E-state index in [2.05, 4.69) is 5.32 Å². The highest BCUT2D eigenvalue weighted by atomic mass is 32.2. The van der Waals surface area contributed by atoms with Crippen molar-refractivity contribution in [2.75, 3.05) is 11.9 Å². The van der Waals surface area contributed by atoms with Crippen molar-refractivity contribution in [3.63, 3.8) is 0 Å². The number of ether oxygens (including phenoxy) is 1. The van der Waals surface area contributed by atoms with Crippen LogP contribution in [0.3, 0.4) is 0 Å². The fourth-order valence-corrected chi connectivity index (χ4v) is 3.19. The molecule has 23 heavy (non-hydrogen) atoms. The number of carbonyl (C=O) groups excluding carboxylic acids is 2. The fraction of sp³-hybridized carbons (Fsp3) is 0.176. The second kappa shape index (κ2) is 6.42. The van der Waals surface area contributed by atoms with Crippen molar-refractivity contribution in [3.8, 4) is 5.75 Å². The number of Topliss-reactive ketones (excluding diaryl/α,β-unsaturated/α-hetero) is 1. The minimum Gasteiger partial charge on any atom is -0.482 e. The first-order valence-corrected chi connectivity index (χ1v) is 7.94. The number of carbonyl (C=O) groups is 2. The Bertz CT molecular complexity index is 761. The van der Waals surface area contributed by atoms with E-state index in [1.807, 2.05) is 0 Å². The molecule has 1 aliphatic rings. The molecule has 0 aromatic heterocycles. The summed E-state index contributed by atoms with van der Waals surface area (Å²) in [5.74, 6) is -0.0588. The number of halogens is 1. The van der Waals surface area contributed by atoms with E-state index < -0.39 is 0 Å². The third-order valence-corrected chi connectivity index (χ3v) is 4.50.